The molecule has 0 saturated carbocycles. The van der Waals surface area contributed by atoms with Gasteiger partial charge in [0.1, 0.15) is 0 Å². The molecule has 2 aromatic carbocycles. The normalized spacial score (nSPS) is 10.6. The van der Waals surface area contributed by atoms with Crippen LogP contribution in [0.4, 0.5) is 5.69 Å². The van der Waals surface area contributed by atoms with Crippen molar-refractivity contribution < 1.29 is 9.59 Å². The zero-order chi connectivity index (χ0) is 20.8. The molecule has 0 fully saturated rings. The molecule has 0 aliphatic heterocycles. The summed E-state index contributed by atoms with van der Waals surface area (Å²) in [6.45, 7) is 4.21. The van der Waals surface area contributed by atoms with E-state index < -0.39 is 0 Å². The van der Waals surface area contributed by atoms with E-state index in [1.54, 1.807) is 16.7 Å². The number of amides is 2. The van der Waals surface area contributed by atoms with Crippen LogP contribution < -0.4 is 10.6 Å². The molecule has 29 heavy (non-hydrogen) atoms. The lowest BCUT2D eigenvalue weighted by atomic mass is 10.1. The number of thioether (sulfide) groups is 1. The molecular formula is C21H23N5O2S. The Kier molecular flexibility index (Phi) is 6.66. The SMILES string of the molecule is Cc1ccc(C(=O)NCc2nnc(SCC(=O)Nc3cccc(C)c3)n2C)cc1. The predicted octanol–water partition coefficient (Wildman–Crippen LogP) is 3.09. The number of benzene rings is 2. The van der Waals surface area contributed by atoms with Crippen LogP contribution in [0.15, 0.2) is 53.7 Å². The van der Waals surface area contributed by atoms with Gasteiger partial charge in [-0.1, -0.05) is 41.6 Å². The number of anilines is 1. The van der Waals surface area contributed by atoms with Gasteiger partial charge in [0, 0.05) is 18.3 Å². The Labute approximate surface area is 173 Å². The maximum Gasteiger partial charge on any atom is 0.251 e. The number of hydrogen-bond donors (Lipinski definition) is 2. The van der Waals surface area contributed by atoms with Crippen LogP contribution in [0, 0.1) is 13.8 Å². The van der Waals surface area contributed by atoms with E-state index in [9.17, 15) is 9.59 Å². The molecule has 2 amide bonds. The summed E-state index contributed by atoms with van der Waals surface area (Å²) in [7, 11) is 1.81. The van der Waals surface area contributed by atoms with Crippen molar-refractivity contribution in [1.29, 1.82) is 0 Å². The van der Waals surface area contributed by atoms with E-state index in [4.69, 9.17) is 0 Å². The molecule has 3 aromatic rings. The minimum atomic E-state index is -0.167. The molecule has 0 aliphatic rings. The number of hydrogen-bond acceptors (Lipinski definition) is 5. The van der Waals surface area contributed by atoms with Gasteiger partial charge in [-0.2, -0.15) is 0 Å². The van der Waals surface area contributed by atoms with Gasteiger partial charge in [0.05, 0.1) is 12.3 Å². The highest BCUT2D eigenvalue weighted by molar-refractivity contribution is 7.99. The van der Waals surface area contributed by atoms with E-state index in [0.717, 1.165) is 16.8 Å². The molecule has 7 nitrogen and oxygen atoms in total. The highest BCUT2D eigenvalue weighted by Crippen LogP contribution is 2.17. The van der Waals surface area contributed by atoms with E-state index >= 15 is 0 Å². The van der Waals surface area contributed by atoms with Crippen molar-refractivity contribution in [1.82, 2.24) is 20.1 Å². The fourth-order valence-electron chi connectivity index (χ4n) is 2.64. The van der Waals surface area contributed by atoms with Crippen LogP contribution in [-0.2, 0) is 18.4 Å². The monoisotopic (exact) mass is 409 g/mol. The maximum atomic E-state index is 12.2. The van der Waals surface area contributed by atoms with Crippen LogP contribution in [0.25, 0.3) is 0 Å². The van der Waals surface area contributed by atoms with Gasteiger partial charge in [-0.15, -0.1) is 10.2 Å². The number of nitrogens with zero attached hydrogens (tertiary/aromatic N) is 3. The molecule has 0 saturated heterocycles. The summed E-state index contributed by atoms with van der Waals surface area (Å²) in [5.41, 5.74) is 3.55. The minimum absolute atomic E-state index is 0.113. The average molecular weight is 410 g/mol. The molecule has 2 N–H and O–H groups in total. The van der Waals surface area contributed by atoms with Gasteiger partial charge in [-0.25, -0.2) is 0 Å². The summed E-state index contributed by atoms with van der Waals surface area (Å²) in [5.74, 6) is 0.556. The van der Waals surface area contributed by atoms with Crippen molar-refractivity contribution in [3.8, 4) is 0 Å². The Hall–Kier alpha value is -3.13. The Morgan fingerprint density at radius 3 is 2.52 bits per heavy atom. The summed E-state index contributed by atoms with van der Waals surface area (Å²) in [4.78, 5) is 24.4. The number of aryl methyl sites for hydroxylation is 2. The molecule has 0 radical (unpaired) electrons. The Morgan fingerprint density at radius 2 is 1.79 bits per heavy atom. The lowest BCUT2D eigenvalue weighted by Crippen LogP contribution is -2.24. The van der Waals surface area contributed by atoms with E-state index in [-0.39, 0.29) is 24.1 Å². The van der Waals surface area contributed by atoms with Crippen LogP contribution in [0.5, 0.6) is 0 Å². The van der Waals surface area contributed by atoms with Gasteiger partial charge in [0.2, 0.25) is 5.91 Å². The Bertz CT molecular complexity index is 1010. The summed E-state index contributed by atoms with van der Waals surface area (Å²) in [5, 5.41) is 14.6. The fourth-order valence-corrected chi connectivity index (χ4v) is 3.37. The molecule has 0 spiro atoms. The molecule has 3 rings (SSSR count). The van der Waals surface area contributed by atoms with Gasteiger partial charge >= 0.3 is 0 Å². The number of rotatable bonds is 7. The maximum absolute atomic E-state index is 12.2. The third-order valence-electron chi connectivity index (χ3n) is 4.28. The van der Waals surface area contributed by atoms with Crippen molar-refractivity contribution in [3.05, 3.63) is 71.0 Å². The van der Waals surface area contributed by atoms with Crippen LogP contribution in [-0.4, -0.2) is 32.3 Å². The van der Waals surface area contributed by atoms with E-state index in [1.807, 2.05) is 57.3 Å². The zero-order valence-electron chi connectivity index (χ0n) is 16.6. The lowest BCUT2D eigenvalue weighted by molar-refractivity contribution is -0.113. The van der Waals surface area contributed by atoms with E-state index in [2.05, 4.69) is 20.8 Å². The second kappa shape index (κ2) is 9.38. The highest BCUT2D eigenvalue weighted by atomic mass is 32.2. The molecule has 0 aliphatic carbocycles. The first-order chi connectivity index (χ1) is 13.9. The van der Waals surface area contributed by atoms with Crippen LogP contribution in [0.1, 0.15) is 27.3 Å². The Balaban J connectivity index is 1.51. The van der Waals surface area contributed by atoms with E-state index in [0.29, 0.717) is 16.5 Å². The van der Waals surface area contributed by atoms with Crippen LogP contribution in [0.2, 0.25) is 0 Å². The van der Waals surface area contributed by atoms with Crippen molar-refractivity contribution in [3.63, 3.8) is 0 Å². The molecular weight excluding hydrogens is 386 g/mol. The Morgan fingerprint density at radius 1 is 1.03 bits per heavy atom. The van der Waals surface area contributed by atoms with Crippen molar-refractivity contribution in [2.45, 2.75) is 25.5 Å². The second-order valence-corrected chi connectivity index (χ2v) is 7.66. The van der Waals surface area contributed by atoms with Crippen molar-refractivity contribution >= 4 is 29.3 Å². The number of carbonyl (C=O) groups is 2. The molecule has 1 aromatic heterocycles. The standard InChI is InChI=1S/C21H23N5O2S/c1-14-7-9-16(10-8-14)20(28)22-12-18-24-25-21(26(18)3)29-13-19(27)23-17-6-4-5-15(2)11-17/h4-11H,12-13H2,1-3H3,(H,22,28)(H,23,27). The lowest BCUT2D eigenvalue weighted by Gasteiger charge is -2.07. The van der Waals surface area contributed by atoms with Gasteiger partial charge in [-0.3, -0.25) is 9.59 Å². The first-order valence-electron chi connectivity index (χ1n) is 9.15. The van der Waals surface area contributed by atoms with Gasteiger partial charge in [-0.05, 0) is 43.7 Å². The summed E-state index contributed by atoms with van der Waals surface area (Å²) < 4.78 is 1.78. The van der Waals surface area contributed by atoms with Crippen molar-refractivity contribution in [2.24, 2.45) is 7.05 Å². The molecule has 8 heteroatoms. The molecule has 0 bridgehead atoms. The summed E-state index contributed by atoms with van der Waals surface area (Å²) in [6.07, 6.45) is 0. The predicted molar refractivity (Wildman–Crippen MR) is 114 cm³/mol. The third kappa shape index (κ3) is 5.68. The first-order valence-corrected chi connectivity index (χ1v) is 10.1. The van der Waals surface area contributed by atoms with Crippen molar-refractivity contribution in [2.75, 3.05) is 11.1 Å². The molecule has 1 heterocycles. The number of carbonyl (C=O) groups excluding carboxylic acids is 2. The second-order valence-electron chi connectivity index (χ2n) is 6.71. The topological polar surface area (TPSA) is 88.9 Å². The molecule has 0 atom stereocenters. The summed E-state index contributed by atoms with van der Waals surface area (Å²) >= 11 is 1.30. The third-order valence-corrected chi connectivity index (χ3v) is 5.30. The largest absolute Gasteiger partial charge is 0.345 e. The average Bonchev–Trinajstić information content (AvgIpc) is 3.04. The first kappa shape index (κ1) is 20.6. The summed E-state index contributed by atoms with van der Waals surface area (Å²) in [6, 6.07) is 15.0. The smallest absolute Gasteiger partial charge is 0.251 e. The number of aromatic nitrogens is 3. The fraction of sp³-hybridized carbons (Fsp3) is 0.238. The highest BCUT2D eigenvalue weighted by Gasteiger charge is 2.13. The minimum Gasteiger partial charge on any atom is -0.345 e. The zero-order valence-corrected chi connectivity index (χ0v) is 17.4. The molecule has 0 unspecified atom stereocenters. The quantitative estimate of drug-likeness (QED) is 0.586. The molecule has 150 valence electrons. The van der Waals surface area contributed by atoms with Crippen LogP contribution in [0.3, 0.4) is 0 Å². The van der Waals surface area contributed by atoms with E-state index in [1.165, 1.54) is 11.8 Å². The number of nitrogens with one attached hydrogen (secondary N) is 2. The van der Waals surface area contributed by atoms with Gasteiger partial charge in [0.15, 0.2) is 11.0 Å². The van der Waals surface area contributed by atoms with Gasteiger partial charge in [0.25, 0.3) is 5.91 Å². The van der Waals surface area contributed by atoms with Gasteiger partial charge < -0.3 is 15.2 Å². The van der Waals surface area contributed by atoms with Crippen LogP contribution >= 0.6 is 11.8 Å².